The van der Waals surface area contributed by atoms with Crippen molar-refractivity contribution in [2.24, 2.45) is 29.6 Å². The zero-order valence-corrected chi connectivity index (χ0v) is 11.3. The molecule has 0 aromatic carbocycles. The van der Waals surface area contributed by atoms with E-state index in [9.17, 15) is 9.59 Å². The first kappa shape index (κ1) is 14.2. The van der Waals surface area contributed by atoms with Gasteiger partial charge in [0.1, 0.15) is 0 Å². The third kappa shape index (κ3) is 3.30. The van der Waals surface area contributed by atoms with Crippen molar-refractivity contribution in [2.45, 2.75) is 47.0 Å². The highest BCUT2D eigenvalue weighted by Gasteiger charge is 2.44. The molecular formula is C14H24O3. The van der Waals surface area contributed by atoms with Crippen LogP contribution in [0.1, 0.15) is 47.0 Å². The Labute approximate surface area is 104 Å². The predicted molar refractivity (Wildman–Crippen MR) is 66.2 cm³/mol. The monoisotopic (exact) mass is 240 g/mol. The largest absolute Gasteiger partial charge is 0.395 e. The van der Waals surface area contributed by atoms with Gasteiger partial charge in [0.05, 0.1) is 5.92 Å². The molecule has 1 fully saturated rings. The second kappa shape index (κ2) is 6.18. The molecule has 0 aliphatic heterocycles. The van der Waals surface area contributed by atoms with E-state index in [-0.39, 0.29) is 18.4 Å². The van der Waals surface area contributed by atoms with E-state index < -0.39 is 0 Å². The van der Waals surface area contributed by atoms with Gasteiger partial charge in [-0.3, -0.25) is 9.59 Å². The van der Waals surface area contributed by atoms with Gasteiger partial charge in [-0.15, -0.1) is 0 Å². The van der Waals surface area contributed by atoms with Crippen molar-refractivity contribution in [3.05, 3.63) is 0 Å². The molecule has 1 saturated carbocycles. The molecule has 1 aliphatic carbocycles. The summed E-state index contributed by atoms with van der Waals surface area (Å²) in [6, 6.07) is 0. The van der Waals surface area contributed by atoms with Gasteiger partial charge in [-0.05, 0) is 36.5 Å². The fraction of sp³-hybridized carbons (Fsp3) is 0.857. The highest BCUT2D eigenvalue weighted by atomic mass is 16.6. The van der Waals surface area contributed by atoms with Crippen molar-refractivity contribution in [2.75, 3.05) is 0 Å². The van der Waals surface area contributed by atoms with Crippen LogP contribution in [0.4, 0.5) is 0 Å². The Morgan fingerprint density at radius 1 is 1.41 bits per heavy atom. The Bertz CT molecular complexity index is 273. The molecular weight excluding hydrogens is 216 g/mol. The van der Waals surface area contributed by atoms with E-state index in [1.807, 2.05) is 0 Å². The molecule has 0 saturated heterocycles. The van der Waals surface area contributed by atoms with Crippen molar-refractivity contribution >= 4 is 12.4 Å². The van der Waals surface area contributed by atoms with Gasteiger partial charge < -0.3 is 4.74 Å². The van der Waals surface area contributed by atoms with Crippen molar-refractivity contribution < 1.29 is 14.3 Å². The summed E-state index contributed by atoms with van der Waals surface area (Å²) in [7, 11) is 0. The Morgan fingerprint density at radius 3 is 2.53 bits per heavy atom. The van der Waals surface area contributed by atoms with Crippen LogP contribution in [0.15, 0.2) is 0 Å². The standard InChI is InChI=1S/C14H24O3/c1-5-11-7-12(6-9(2)3)13(10(11)4)14(16)17-8-15/h8-13H,5-7H2,1-4H3. The summed E-state index contributed by atoms with van der Waals surface area (Å²) in [5.41, 5.74) is 0. The van der Waals surface area contributed by atoms with E-state index in [1.54, 1.807) is 0 Å². The molecule has 0 spiro atoms. The van der Waals surface area contributed by atoms with Crippen LogP contribution < -0.4 is 0 Å². The summed E-state index contributed by atoms with van der Waals surface area (Å²) in [6.07, 6.45) is 3.23. The summed E-state index contributed by atoms with van der Waals surface area (Å²) >= 11 is 0. The highest BCUT2D eigenvalue weighted by Crippen LogP contribution is 2.46. The van der Waals surface area contributed by atoms with Gasteiger partial charge in [0, 0.05) is 0 Å². The zero-order valence-electron chi connectivity index (χ0n) is 11.3. The average Bonchev–Trinajstić information content (AvgIpc) is 2.54. The molecule has 1 rings (SSSR count). The van der Waals surface area contributed by atoms with E-state index in [0.717, 1.165) is 19.3 Å². The molecule has 4 unspecified atom stereocenters. The van der Waals surface area contributed by atoms with Crippen molar-refractivity contribution in [1.82, 2.24) is 0 Å². The third-order valence-electron chi connectivity index (χ3n) is 4.16. The molecule has 0 heterocycles. The SMILES string of the molecule is CCC1CC(CC(C)C)C(C(=O)OC=O)C1C. The second-order valence-electron chi connectivity index (χ2n) is 5.71. The maximum absolute atomic E-state index is 11.9. The molecule has 0 bridgehead atoms. The van der Waals surface area contributed by atoms with Crippen LogP contribution in [0.2, 0.25) is 0 Å². The lowest BCUT2D eigenvalue weighted by atomic mass is 9.84. The topological polar surface area (TPSA) is 43.4 Å². The molecule has 0 N–H and O–H groups in total. The third-order valence-corrected chi connectivity index (χ3v) is 4.16. The second-order valence-corrected chi connectivity index (χ2v) is 5.71. The number of carbonyl (C=O) groups is 2. The predicted octanol–water partition coefficient (Wildman–Crippen LogP) is 3.03. The number of hydrogen-bond donors (Lipinski definition) is 0. The molecule has 3 nitrogen and oxygen atoms in total. The zero-order chi connectivity index (χ0) is 13.0. The van der Waals surface area contributed by atoms with E-state index in [0.29, 0.717) is 23.7 Å². The average molecular weight is 240 g/mol. The summed E-state index contributed by atoms with van der Waals surface area (Å²) in [5.74, 6) is 1.46. The highest BCUT2D eigenvalue weighted by molar-refractivity contribution is 5.79. The first-order valence-corrected chi connectivity index (χ1v) is 6.65. The van der Waals surface area contributed by atoms with E-state index in [1.165, 1.54) is 0 Å². The summed E-state index contributed by atoms with van der Waals surface area (Å²) in [4.78, 5) is 22.2. The van der Waals surface area contributed by atoms with E-state index in [4.69, 9.17) is 0 Å². The summed E-state index contributed by atoms with van der Waals surface area (Å²) in [6.45, 7) is 8.89. The van der Waals surface area contributed by atoms with Crippen LogP contribution in [0.3, 0.4) is 0 Å². The fourth-order valence-corrected chi connectivity index (χ4v) is 3.39. The lowest BCUT2D eigenvalue weighted by Crippen LogP contribution is -2.27. The molecule has 98 valence electrons. The van der Waals surface area contributed by atoms with Gasteiger partial charge in [0.2, 0.25) is 0 Å². The number of rotatable bonds is 5. The molecule has 17 heavy (non-hydrogen) atoms. The van der Waals surface area contributed by atoms with Crippen molar-refractivity contribution in [3.8, 4) is 0 Å². The Kier molecular flexibility index (Phi) is 5.16. The van der Waals surface area contributed by atoms with Crippen molar-refractivity contribution in [3.63, 3.8) is 0 Å². The van der Waals surface area contributed by atoms with Gasteiger partial charge in [0.15, 0.2) is 0 Å². The normalized spacial score (nSPS) is 32.8. The van der Waals surface area contributed by atoms with E-state index in [2.05, 4.69) is 32.4 Å². The minimum Gasteiger partial charge on any atom is -0.395 e. The molecule has 1 aliphatic rings. The maximum atomic E-state index is 11.9. The van der Waals surface area contributed by atoms with Crippen LogP contribution in [-0.2, 0) is 14.3 Å². The Balaban J connectivity index is 2.78. The number of ether oxygens (including phenoxy) is 1. The van der Waals surface area contributed by atoms with Gasteiger partial charge >= 0.3 is 12.4 Å². The number of carbonyl (C=O) groups excluding carboxylic acids is 2. The van der Waals surface area contributed by atoms with Crippen LogP contribution in [-0.4, -0.2) is 12.4 Å². The van der Waals surface area contributed by atoms with Crippen LogP contribution >= 0.6 is 0 Å². The van der Waals surface area contributed by atoms with Crippen molar-refractivity contribution in [1.29, 1.82) is 0 Å². The van der Waals surface area contributed by atoms with Gasteiger partial charge in [0.25, 0.3) is 0 Å². The Morgan fingerprint density at radius 2 is 2.06 bits per heavy atom. The first-order chi connectivity index (χ1) is 8.01. The van der Waals surface area contributed by atoms with Gasteiger partial charge in [-0.25, -0.2) is 0 Å². The fourth-order valence-electron chi connectivity index (χ4n) is 3.39. The quantitative estimate of drug-likeness (QED) is 0.421. The Hall–Kier alpha value is -0.860. The molecule has 0 radical (unpaired) electrons. The van der Waals surface area contributed by atoms with Crippen LogP contribution in [0.5, 0.6) is 0 Å². The lowest BCUT2D eigenvalue weighted by molar-refractivity contribution is -0.157. The van der Waals surface area contributed by atoms with Gasteiger partial charge in [-0.2, -0.15) is 0 Å². The smallest absolute Gasteiger partial charge is 0.316 e. The summed E-state index contributed by atoms with van der Waals surface area (Å²) in [5, 5.41) is 0. The molecule has 0 amide bonds. The molecule has 4 atom stereocenters. The molecule has 0 aromatic rings. The number of hydrogen-bond acceptors (Lipinski definition) is 3. The minimum atomic E-state index is -0.325. The lowest BCUT2D eigenvalue weighted by Gasteiger charge is -2.21. The number of esters is 1. The van der Waals surface area contributed by atoms with E-state index >= 15 is 0 Å². The first-order valence-electron chi connectivity index (χ1n) is 6.65. The van der Waals surface area contributed by atoms with Crippen LogP contribution in [0.25, 0.3) is 0 Å². The van der Waals surface area contributed by atoms with Gasteiger partial charge in [-0.1, -0.05) is 34.1 Å². The minimum absolute atomic E-state index is 0.0902. The maximum Gasteiger partial charge on any atom is 0.316 e. The summed E-state index contributed by atoms with van der Waals surface area (Å²) < 4.78 is 4.58. The molecule has 0 aromatic heterocycles. The molecule has 3 heteroatoms. The van der Waals surface area contributed by atoms with Crippen LogP contribution in [0, 0.1) is 29.6 Å².